The summed E-state index contributed by atoms with van der Waals surface area (Å²) in [5.74, 6) is -0.273. The number of anilines is 1. The van der Waals surface area contributed by atoms with Gasteiger partial charge in [-0.15, -0.1) is 22.7 Å². The van der Waals surface area contributed by atoms with E-state index in [1.807, 2.05) is 35.7 Å². The molecule has 6 nitrogen and oxygen atoms in total. The van der Waals surface area contributed by atoms with Crippen molar-refractivity contribution in [2.24, 2.45) is 5.10 Å². The second kappa shape index (κ2) is 10.2. The highest BCUT2D eigenvalue weighted by Crippen LogP contribution is 2.40. The van der Waals surface area contributed by atoms with Gasteiger partial charge in [-0.25, -0.2) is 22.8 Å². The van der Waals surface area contributed by atoms with Crippen molar-refractivity contribution in [1.82, 2.24) is 9.29 Å². The molecule has 1 atom stereocenters. The van der Waals surface area contributed by atoms with E-state index in [1.165, 1.54) is 27.8 Å². The molecule has 4 aromatic rings. The van der Waals surface area contributed by atoms with Crippen LogP contribution in [0.1, 0.15) is 36.8 Å². The molecule has 5 rings (SSSR count). The summed E-state index contributed by atoms with van der Waals surface area (Å²) in [6.07, 6.45) is 0.693. The summed E-state index contributed by atoms with van der Waals surface area (Å²) in [5, 5.41) is 11.5. The number of rotatable bonds is 8. The summed E-state index contributed by atoms with van der Waals surface area (Å²) in [7, 11) is -3.51. The number of aromatic nitrogens is 1. The predicted octanol–water partition coefficient (Wildman–Crippen LogP) is 6.40. The van der Waals surface area contributed by atoms with E-state index in [0.717, 1.165) is 32.5 Å². The van der Waals surface area contributed by atoms with Crippen LogP contribution in [0.25, 0.3) is 11.3 Å². The molecule has 0 N–H and O–H groups in total. The summed E-state index contributed by atoms with van der Waals surface area (Å²) in [4.78, 5) is 6.21. The molecule has 186 valence electrons. The largest absolute Gasteiger partial charge is 0.243 e. The summed E-state index contributed by atoms with van der Waals surface area (Å²) in [6, 6.07) is 17.3. The maximum absolute atomic E-state index is 13.6. The molecule has 0 amide bonds. The number of nitrogens with zero attached hydrogens (tertiary/aromatic N) is 4. The molecule has 3 heterocycles. The molecular formula is C26H25FN4O2S3. The van der Waals surface area contributed by atoms with E-state index < -0.39 is 10.0 Å². The Morgan fingerprint density at radius 2 is 1.75 bits per heavy atom. The van der Waals surface area contributed by atoms with Crippen LogP contribution in [0.15, 0.2) is 81.4 Å². The lowest BCUT2D eigenvalue weighted by Crippen LogP contribution is -2.30. The highest BCUT2D eigenvalue weighted by atomic mass is 32.2. The van der Waals surface area contributed by atoms with E-state index in [4.69, 9.17) is 10.1 Å². The molecule has 1 aliphatic heterocycles. The van der Waals surface area contributed by atoms with Crippen molar-refractivity contribution in [3.8, 4) is 11.3 Å². The molecule has 10 heteroatoms. The van der Waals surface area contributed by atoms with Crippen molar-refractivity contribution >= 4 is 43.5 Å². The molecule has 1 aliphatic rings. The zero-order valence-corrected chi connectivity index (χ0v) is 22.3. The van der Waals surface area contributed by atoms with Crippen LogP contribution in [0.4, 0.5) is 9.52 Å². The van der Waals surface area contributed by atoms with Crippen molar-refractivity contribution in [3.63, 3.8) is 0 Å². The molecular weight excluding hydrogens is 516 g/mol. The van der Waals surface area contributed by atoms with Gasteiger partial charge in [0, 0.05) is 30.5 Å². The Morgan fingerprint density at radius 1 is 1.03 bits per heavy atom. The van der Waals surface area contributed by atoms with E-state index in [0.29, 0.717) is 19.5 Å². The molecule has 36 heavy (non-hydrogen) atoms. The molecule has 0 bridgehead atoms. The van der Waals surface area contributed by atoms with Crippen LogP contribution in [-0.2, 0) is 10.0 Å². The third kappa shape index (κ3) is 4.73. The first kappa shape index (κ1) is 24.8. The molecule has 0 unspecified atom stereocenters. The second-order valence-corrected chi connectivity index (χ2v) is 12.0. The summed E-state index contributed by atoms with van der Waals surface area (Å²) < 4.78 is 40.6. The number of hydrogen-bond donors (Lipinski definition) is 0. The Kier molecular flexibility index (Phi) is 7.03. The molecule has 0 aliphatic carbocycles. The highest BCUT2D eigenvalue weighted by Gasteiger charge is 2.32. The van der Waals surface area contributed by atoms with Crippen molar-refractivity contribution in [2.75, 3.05) is 18.1 Å². The standard InChI is InChI=1S/C26H25FN4O2S3/c1-3-30(4-2)36(32,33)21-13-9-18(10-14-21)23-17-35-26(28-23)31-24(19-7-11-20(27)12-8-19)16-22(29-31)25-6-5-15-34-25/h5-15,17,24H,3-4,16H2,1-2H3/t24-/m1/s1. The van der Waals surface area contributed by atoms with Crippen molar-refractivity contribution in [1.29, 1.82) is 0 Å². The van der Waals surface area contributed by atoms with Crippen molar-refractivity contribution in [2.45, 2.75) is 31.2 Å². The van der Waals surface area contributed by atoms with Crippen LogP contribution in [0, 0.1) is 5.82 Å². The van der Waals surface area contributed by atoms with E-state index in [1.54, 1.807) is 47.7 Å². The molecule has 2 aromatic heterocycles. The van der Waals surface area contributed by atoms with E-state index in [2.05, 4.69) is 6.07 Å². The Labute approximate surface area is 218 Å². The first-order valence-electron chi connectivity index (χ1n) is 11.6. The lowest BCUT2D eigenvalue weighted by molar-refractivity contribution is 0.445. The minimum Gasteiger partial charge on any atom is -0.231 e. The van der Waals surface area contributed by atoms with Crippen molar-refractivity contribution in [3.05, 3.63) is 87.7 Å². The number of thiazole rings is 1. The molecule has 0 fully saturated rings. The number of halogens is 1. The summed E-state index contributed by atoms with van der Waals surface area (Å²) in [6.45, 7) is 4.51. The van der Waals surface area contributed by atoms with Gasteiger partial charge in [-0.1, -0.05) is 44.2 Å². The van der Waals surface area contributed by atoms with E-state index in [-0.39, 0.29) is 16.8 Å². The molecule has 0 spiro atoms. The fourth-order valence-electron chi connectivity index (χ4n) is 4.24. The van der Waals surface area contributed by atoms with Gasteiger partial charge >= 0.3 is 0 Å². The maximum Gasteiger partial charge on any atom is 0.243 e. The molecule has 2 aromatic carbocycles. The summed E-state index contributed by atoms with van der Waals surface area (Å²) >= 11 is 3.12. The monoisotopic (exact) mass is 540 g/mol. The van der Waals surface area contributed by atoms with E-state index >= 15 is 0 Å². The van der Waals surface area contributed by atoms with Gasteiger partial charge in [0.25, 0.3) is 0 Å². The van der Waals surface area contributed by atoms with Crippen LogP contribution < -0.4 is 5.01 Å². The minimum atomic E-state index is -3.51. The Hall–Kier alpha value is -2.92. The number of benzene rings is 2. The third-order valence-electron chi connectivity index (χ3n) is 6.15. The lowest BCUT2D eigenvalue weighted by Gasteiger charge is -2.21. The average Bonchev–Trinajstić information content (AvgIpc) is 3.66. The third-order valence-corrected chi connectivity index (χ3v) is 9.97. The maximum atomic E-state index is 13.6. The predicted molar refractivity (Wildman–Crippen MR) is 145 cm³/mol. The highest BCUT2D eigenvalue weighted by molar-refractivity contribution is 7.89. The topological polar surface area (TPSA) is 65.9 Å². The van der Waals surface area contributed by atoms with Crippen LogP contribution in [-0.4, -0.2) is 36.5 Å². The average molecular weight is 541 g/mol. The lowest BCUT2D eigenvalue weighted by atomic mass is 10.0. The van der Waals surface area contributed by atoms with Gasteiger partial charge in [0.2, 0.25) is 15.2 Å². The van der Waals surface area contributed by atoms with Crippen LogP contribution in [0.3, 0.4) is 0 Å². The van der Waals surface area contributed by atoms with Crippen LogP contribution in [0.2, 0.25) is 0 Å². The fraction of sp³-hybridized carbons (Fsp3) is 0.231. The SMILES string of the molecule is CCN(CC)S(=O)(=O)c1ccc(-c2csc(N3N=C(c4cccs4)C[C@@H]3c3ccc(F)cc3)n2)cc1. The van der Waals surface area contributed by atoms with Crippen LogP contribution in [0.5, 0.6) is 0 Å². The van der Waals surface area contributed by atoms with Gasteiger partial charge in [-0.3, -0.25) is 0 Å². The number of sulfonamides is 1. The molecule has 0 saturated heterocycles. The van der Waals surface area contributed by atoms with E-state index in [9.17, 15) is 12.8 Å². The van der Waals surface area contributed by atoms with Crippen LogP contribution >= 0.6 is 22.7 Å². The molecule has 0 radical (unpaired) electrons. The Morgan fingerprint density at radius 3 is 2.39 bits per heavy atom. The fourth-order valence-corrected chi connectivity index (χ4v) is 7.25. The van der Waals surface area contributed by atoms with Gasteiger partial charge in [0.1, 0.15) is 5.82 Å². The Balaban J connectivity index is 1.45. The van der Waals surface area contributed by atoms with Gasteiger partial charge in [-0.2, -0.15) is 9.41 Å². The summed E-state index contributed by atoms with van der Waals surface area (Å²) in [5.41, 5.74) is 3.52. The Bertz CT molecular complexity index is 1460. The van der Waals surface area contributed by atoms with Gasteiger partial charge in [0.05, 0.1) is 27.2 Å². The van der Waals surface area contributed by atoms with Gasteiger partial charge in [-0.05, 0) is 41.3 Å². The first-order valence-corrected chi connectivity index (χ1v) is 14.8. The number of hydrogen-bond acceptors (Lipinski definition) is 7. The molecule has 0 saturated carbocycles. The quantitative estimate of drug-likeness (QED) is 0.260. The normalized spacial score (nSPS) is 16.1. The first-order chi connectivity index (χ1) is 17.4. The van der Waals surface area contributed by atoms with Gasteiger partial charge in [0.15, 0.2) is 0 Å². The van der Waals surface area contributed by atoms with Crippen molar-refractivity contribution < 1.29 is 12.8 Å². The second-order valence-electron chi connectivity index (χ2n) is 8.27. The number of thiophene rings is 1. The van der Waals surface area contributed by atoms with Gasteiger partial charge < -0.3 is 0 Å². The minimum absolute atomic E-state index is 0.0942. The number of hydrazone groups is 1. The smallest absolute Gasteiger partial charge is 0.231 e. The zero-order valence-electron chi connectivity index (χ0n) is 19.8. The zero-order chi connectivity index (χ0) is 25.3.